The molecule has 1 heterocycles. The van der Waals surface area contributed by atoms with Gasteiger partial charge in [0, 0.05) is 12.4 Å². The average Bonchev–Trinajstić information content (AvgIpc) is 2.69. The summed E-state index contributed by atoms with van der Waals surface area (Å²) < 4.78 is 1.70. The van der Waals surface area contributed by atoms with Crippen LogP contribution in [0.4, 0.5) is 0 Å². The van der Waals surface area contributed by atoms with E-state index in [2.05, 4.69) is 5.10 Å². The smallest absolute Gasteiger partial charge is 0.307 e. The van der Waals surface area contributed by atoms with Crippen LogP contribution in [0.2, 0.25) is 0 Å². The van der Waals surface area contributed by atoms with E-state index in [0.29, 0.717) is 0 Å². The van der Waals surface area contributed by atoms with Crippen LogP contribution in [0.5, 0.6) is 0 Å². The van der Waals surface area contributed by atoms with Gasteiger partial charge in [-0.25, -0.2) is 4.68 Å². The number of nitrogens with zero attached hydrogens (tertiary/aromatic N) is 2. The van der Waals surface area contributed by atoms with Crippen LogP contribution >= 0.6 is 0 Å². The number of aromatic nitrogens is 2. The number of benzene rings is 1. The largest absolute Gasteiger partial charge is 0.481 e. The molecule has 0 unspecified atom stereocenters. The molecule has 0 aliphatic rings. The molecule has 0 spiro atoms. The van der Waals surface area contributed by atoms with Crippen LogP contribution in [0.15, 0.2) is 42.7 Å². The fourth-order valence-corrected chi connectivity index (χ4v) is 1.41. The van der Waals surface area contributed by atoms with E-state index in [1.807, 2.05) is 30.5 Å². The van der Waals surface area contributed by atoms with E-state index < -0.39 is 5.97 Å². The van der Waals surface area contributed by atoms with Gasteiger partial charge in [-0.2, -0.15) is 5.10 Å². The first kappa shape index (κ1) is 9.45. The van der Waals surface area contributed by atoms with Crippen molar-refractivity contribution in [2.24, 2.45) is 0 Å². The second-order valence-electron chi connectivity index (χ2n) is 3.19. The van der Waals surface area contributed by atoms with Crippen LogP contribution in [0.25, 0.3) is 5.69 Å². The highest BCUT2D eigenvalue weighted by Crippen LogP contribution is 2.09. The Labute approximate surface area is 86.8 Å². The summed E-state index contributed by atoms with van der Waals surface area (Å²) in [4.78, 5) is 10.5. The van der Waals surface area contributed by atoms with Gasteiger partial charge in [-0.05, 0) is 23.8 Å². The minimum atomic E-state index is -0.826. The van der Waals surface area contributed by atoms with Gasteiger partial charge in [0.05, 0.1) is 12.1 Å². The normalized spacial score (nSPS) is 10.1. The predicted molar refractivity (Wildman–Crippen MR) is 54.9 cm³/mol. The number of carboxylic acid groups (broad SMARTS) is 1. The van der Waals surface area contributed by atoms with Crippen molar-refractivity contribution < 1.29 is 9.90 Å². The Bertz CT molecular complexity index is 463. The van der Waals surface area contributed by atoms with E-state index in [9.17, 15) is 4.79 Å². The van der Waals surface area contributed by atoms with Gasteiger partial charge in [-0.1, -0.05) is 12.1 Å². The Morgan fingerprint density at radius 1 is 1.40 bits per heavy atom. The van der Waals surface area contributed by atoms with Crippen molar-refractivity contribution in [1.29, 1.82) is 0 Å². The van der Waals surface area contributed by atoms with Crippen LogP contribution in [-0.2, 0) is 11.2 Å². The molecule has 0 aliphatic carbocycles. The minimum Gasteiger partial charge on any atom is -0.481 e. The Kier molecular flexibility index (Phi) is 2.49. The molecule has 2 aromatic rings. The predicted octanol–water partition coefficient (Wildman–Crippen LogP) is 1.50. The fraction of sp³-hybridized carbons (Fsp3) is 0.0909. The molecule has 0 fully saturated rings. The molecule has 2 rings (SSSR count). The average molecular weight is 202 g/mol. The van der Waals surface area contributed by atoms with Crippen LogP contribution < -0.4 is 0 Å². The number of hydrogen-bond donors (Lipinski definition) is 1. The van der Waals surface area contributed by atoms with E-state index >= 15 is 0 Å². The second-order valence-corrected chi connectivity index (χ2v) is 3.19. The molecule has 4 nitrogen and oxygen atoms in total. The number of hydrogen-bond acceptors (Lipinski definition) is 2. The lowest BCUT2D eigenvalue weighted by Crippen LogP contribution is -2.01. The third kappa shape index (κ3) is 2.22. The lowest BCUT2D eigenvalue weighted by atomic mass is 10.1. The van der Waals surface area contributed by atoms with Gasteiger partial charge < -0.3 is 5.11 Å². The van der Waals surface area contributed by atoms with Crippen LogP contribution in [0, 0.1) is 0 Å². The Hall–Kier alpha value is -2.10. The van der Waals surface area contributed by atoms with Gasteiger partial charge in [-0.15, -0.1) is 0 Å². The molecule has 76 valence electrons. The highest BCUT2D eigenvalue weighted by atomic mass is 16.4. The van der Waals surface area contributed by atoms with Gasteiger partial charge in [0.15, 0.2) is 0 Å². The van der Waals surface area contributed by atoms with E-state index in [-0.39, 0.29) is 6.42 Å². The molecule has 0 radical (unpaired) electrons. The van der Waals surface area contributed by atoms with Crippen molar-refractivity contribution in [2.45, 2.75) is 6.42 Å². The van der Waals surface area contributed by atoms with Gasteiger partial charge in [-0.3, -0.25) is 4.79 Å². The molecular formula is C11H10N2O2. The molecule has 0 saturated heterocycles. The summed E-state index contributed by atoms with van der Waals surface area (Å²) in [6.45, 7) is 0. The number of carbonyl (C=O) groups is 1. The van der Waals surface area contributed by atoms with Crippen molar-refractivity contribution in [3.63, 3.8) is 0 Å². The first-order valence-corrected chi connectivity index (χ1v) is 4.56. The molecule has 0 saturated carbocycles. The summed E-state index contributed by atoms with van der Waals surface area (Å²) >= 11 is 0. The zero-order valence-corrected chi connectivity index (χ0v) is 8.00. The molecule has 0 aliphatic heterocycles. The standard InChI is InChI=1S/C11H10N2O2/c14-11(15)8-9-3-1-4-10(7-9)13-6-2-5-12-13/h1-7H,8H2,(H,14,15). The zero-order valence-electron chi connectivity index (χ0n) is 8.00. The van der Waals surface area contributed by atoms with Gasteiger partial charge in [0.2, 0.25) is 0 Å². The molecule has 0 bridgehead atoms. The quantitative estimate of drug-likeness (QED) is 0.820. The van der Waals surface area contributed by atoms with E-state index in [1.54, 1.807) is 16.9 Å². The Balaban J connectivity index is 2.31. The second kappa shape index (κ2) is 3.96. The molecule has 1 N–H and O–H groups in total. The molecule has 4 heteroatoms. The number of aliphatic carboxylic acids is 1. The Morgan fingerprint density at radius 3 is 2.93 bits per heavy atom. The van der Waals surface area contributed by atoms with Crippen molar-refractivity contribution in [1.82, 2.24) is 9.78 Å². The highest BCUT2D eigenvalue weighted by molar-refractivity contribution is 5.70. The van der Waals surface area contributed by atoms with E-state index in [1.165, 1.54) is 0 Å². The molecule has 1 aromatic heterocycles. The van der Waals surface area contributed by atoms with Crippen molar-refractivity contribution in [2.75, 3.05) is 0 Å². The van der Waals surface area contributed by atoms with E-state index in [0.717, 1.165) is 11.3 Å². The summed E-state index contributed by atoms with van der Waals surface area (Å²) in [5.41, 5.74) is 1.65. The molecule has 0 atom stereocenters. The molecule has 0 amide bonds. The van der Waals surface area contributed by atoms with Crippen molar-refractivity contribution in [3.05, 3.63) is 48.3 Å². The third-order valence-corrected chi connectivity index (χ3v) is 2.03. The first-order valence-electron chi connectivity index (χ1n) is 4.56. The SMILES string of the molecule is O=C(O)Cc1cccc(-n2cccn2)c1. The maximum atomic E-state index is 10.5. The van der Waals surface area contributed by atoms with Gasteiger partial charge in [0.1, 0.15) is 0 Å². The summed E-state index contributed by atoms with van der Waals surface area (Å²) in [6, 6.07) is 9.15. The maximum Gasteiger partial charge on any atom is 0.307 e. The molecule has 15 heavy (non-hydrogen) atoms. The molecule has 1 aromatic carbocycles. The molecular weight excluding hydrogens is 192 g/mol. The topological polar surface area (TPSA) is 55.1 Å². The van der Waals surface area contributed by atoms with Crippen LogP contribution in [-0.4, -0.2) is 20.9 Å². The van der Waals surface area contributed by atoms with Crippen molar-refractivity contribution >= 4 is 5.97 Å². The van der Waals surface area contributed by atoms with Crippen LogP contribution in [0.1, 0.15) is 5.56 Å². The summed E-state index contributed by atoms with van der Waals surface area (Å²) in [5.74, 6) is -0.826. The number of rotatable bonds is 3. The highest BCUT2D eigenvalue weighted by Gasteiger charge is 2.02. The van der Waals surface area contributed by atoms with Gasteiger partial charge in [0.25, 0.3) is 0 Å². The number of carboxylic acids is 1. The van der Waals surface area contributed by atoms with E-state index in [4.69, 9.17) is 5.11 Å². The van der Waals surface area contributed by atoms with Crippen molar-refractivity contribution in [3.8, 4) is 5.69 Å². The Morgan fingerprint density at radius 2 is 2.27 bits per heavy atom. The van der Waals surface area contributed by atoms with Crippen LogP contribution in [0.3, 0.4) is 0 Å². The van der Waals surface area contributed by atoms with Gasteiger partial charge >= 0.3 is 5.97 Å². The minimum absolute atomic E-state index is 0.0368. The third-order valence-electron chi connectivity index (χ3n) is 2.03. The first-order chi connectivity index (χ1) is 7.25. The fourth-order valence-electron chi connectivity index (χ4n) is 1.41. The lowest BCUT2D eigenvalue weighted by molar-refractivity contribution is -0.136. The lowest BCUT2D eigenvalue weighted by Gasteiger charge is -2.03. The zero-order chi connectivity index (χ0) is 10.7. The summed E-state index contributed by atoms with van der Waals surface area (Å²) in [7, 11) is 0. The summed E-state index contributed by atoms with van der Waals surface area (Å²) in [6.07, 6.45) is 3.54. The maximum absolute atomic E-state index is 10.5. The summed E-state index contributed by atoms with van der Waals surface area (Å²) in [5, 5.41) is 12.7. The monoisotopic (exact) mass is 202 g/mol.